The van der Waals surface area contributed by atoms with E-state index in [1.54, 1.807) is 12.1 Å². The van der Waals surface area contributed by atoms with Crippen molar-refractivity contribution in [3.8, 4) is 0 Å². The lowest BCUT2D eigenvalue weighted by Gasteiger charge is -2.14. The lowest BCUT2D eigenvalue weighted by Crippen LogP contribution is -2.10. The number of hydrogen-bond donors (Lipinski definition) is 5. The molecule has 270 valence electrons. The van der Waals surface area contributed by atoms with E-state index in [-0.39, 0.29) is 23.0 Å². The molecule has 8 rings (SSSR count). The lowest BCUT2D eigenvalue weighted by molar-refractivity contribution is 0.102. The van der Waals surface area contributed by atoms with Gasteiger partial charge in [0.1, 0.15) is 41.0 Å². The van der Waals surface area contributed by atoms with Crippen LogP contribution in [0.3, 0.4) is 0 Å². The fraction of sp³-hybridized carbons (Fsp3) is 0.0789. The van der Waals surface area contributed by atoms with Crippen molar-refractivity contribution in [1.29, 1.82) is 0 Å². The number of rotatable bonds is 8. The topological polar surface area (TPSA) is 170 Å². The molecule has 0 saturated heterocycles. The van der Waals surface area contributed by atoms with Crippen LogP contribution < -0.4 is 10.6 Å². The Hall–Kier alpha value is -7.07. The van der Waals surface area contributed by atoms with Gasteiger partial charge < -0.3 is 15.7 Å². The van der Waals surface area contributed by atoms with Gasteiger partial charge in [-0.05, 0) is 92.2 Å². The number of H-pyrrole nitrogens is 2. The first-order chi connectivity index (χ1) is 26.0. The molecule has 4 aromatic carbocycles. The lowest BCUT2D eigenvalue weighted by atomic mass is 10.1. The molecule has 0 spiro atoms. The fourth-order valence-electron chi connectivity index (χ4n) is 5.36. The summed E-state index contributed by atoms with van der Waals surface area (Å²) in [5.74, 6) is -0.665. The highest BCUT2D eigenvalue weighted by molar-refractivity contribution is 6.08. The van der Waals surface area contributed by atoms with Crippen LogP contribution in [-0.2, 0) is 0 Å². The summed E-state index contributed by atoms with van der Waals surface area (Å²) in [6.45, 7) is 3.68. The Balaban J connectivity index is 0.000000167. The molecule has 54 heavy (non-hydrogen) atoms. The van der Waals surface area contributed by atoms with E-state index in [0.717, 1.165) is 11.4 Å². The third kappa shape index (κ3) is 7.88. The van der Waals surface area contributed by atoms with Crippen LogP contribution in [0.5, 0.6) is 0 Å². The molecule has 5 N–H and O–H groups in total. The Morgan fingerprint density at radius 2 is 1.09 bits per heavy atom. The SMILES string of the molecule is Cc1cc(Nc2nc(C(=O)c3ccc(F)cc3)nc3ccc(F)cc23)n[nH]1.Cc1cc(Nc2nc([C@H](O)c3ccc(F)cc3)nc3ccc(F)cc23)n[nH]1. The smallest absolute Gasteiger partial charge is 0.230 e. The number of anilines is 4. The summed E-state index contributed by atoms with van der Waals surface area (Å²) in [6.07, 6.45) is -1.17. The first-order valence-electron chi connectivity index (χ1n) is 16.3. The summed E-state index contributed by atoms with van der Waals surface area (Å²) in [6, 6.07) is 22.1. The number of ketones is 1. The number of aryl methyl sites for hydroxylation is 2. The molecule has 8 aromatic rings. The number of hydrogen-bond acceptors (Lipinski definition) is 10. The second-order valence-electron chi connectivity index (χ2n) is 12.1. The molecule has 16 heteroatoms. The summed E-state index contributed by atoms with van der Waals surface area (Å²) in [7, 11) is 0. The highest BCUT2D eigenvalue weighted by Crippen LogP contribution is 2.29. The zero-order chi connectivity index (χ0) is 37.9. The monoisotopic (exact) mass is 732 g/mol. The van der Waals surface area contributed by atoms with Gasteiger partial charge in [0, 0.05) is 39.9 Å². The minimum Gasteiger partial charge on any atom is -0.380 e. The van der Waals surface area contributed by atoms with Crippen molar-refractivity contribution in [2.24, 2.45) is 0 Å². The number of aliphatic hydroxyl groups excluding tert-OH is 1. The average Bonchev–Trinajstić information content (AvgIpc) is 3.78. The predicted octanol–water partition coefficient (Wildman–Crippen LogP) is 7.68. The van der Waals surface area contributed by atoms with Crippen LogP contribution in [0.4, 0.5) is 40.8 Å². The van der Waals surface area contributed by atoms with Gasteiger partial charge in [-0.25, -0.2) is 37.5 Å². The van der Waals surface area contributed by atoms with Gasteiger partial charge in [-0.15, -0.1) is 0 Å². The van der Waals surface area contributed by atoms with Gasteiger partial charge in [-0.3, -0.25) is 15.0 Å². The van der Waals surface area contributed by atoms with E-state index in [4.69, 9.17) is 0 Å². The average molecular weight is 733 g/mol. The molecular formula is C38H28F4N10O2. The standard InChI is InChI=1S/C19H15F2N5O.C19H13F2N5O/c2*1-10-8-16(26-25-10)23-18-14-9-13(21)6-7-15(14)22-19(24-18)17(27)11-2-4-12(20)5-3-11/h2-9,17,27H,1H3,(H2,22,23,24,25,26);2-9H,1H3,(H2,22,23,24,25,26)/t17-;/m1./s1. The van der Waals surface area contributed by atoms with Crippen molar-refractivity contribution in [1.82, 2.24) is 40.3 Å². The number of aromatic amines is 2. The van der Waals surface area contributed by atoms with E-state index in [0.29, 0.717) is 44.8 Å². The highest BCUT2D eigenvalue weighted by atomic mass is 19.1. The molecule has 0 bridgehead atoms. The molecule has 0 aliphatic heterocycles. The molecule has 0 aliphatic carbocycles. The van der Waals surface area contributed by atoms with Crippen molar-refractivity contribution < 1.29 is 27.5 Å². The van der Waals surface area contributed by atoms with Gasteiger partial charge in [-0.1, -0.05) is 12.1 Å². The normalized spacial score (nSPS) is 11.6. The zero-order valence-electron chi connectivity index (χ0n) is 28.4. The Kier molecular flexibility index (Phi) is 9.74. The Labute approximate surface area is 303 Å². The largest absolute Gasteiger partial charge is 0.380 e. The fourth-order valence-corrected chi connectivity index (χ4v) is 5.36. The van der Waals surface area contributed by atoms with E-state index < -0.39 is 35.2 Å². The van der Waals surface area contributed by atoms with E-state index >= 15 is 0 Å². The second-order valence-corrected chi connectivity index (χ2v) is 12.1. The number of carbonyl (C=O) groups is 1. The highest BCUT2D eigenvalue weighted by Gasteiger charge is 2.19. The third-order valence-corrected chi connectivity index (χ3v) is 7.98. The van der Waals surface area contributed by atoms with Gasteiger partial charge in [-0.2, -0.15) is 10.2 Å². The molecule has 0 fully saturated rings. The van der Waals surface area contributed by atoms with Crippen LogP contribution in [0.15, 0.2) is 97.1 Å². The molecule has 4 aromatic heterocycles. The summed E-state index contributed by atoms with van der Waals surface area (Å²) < 4.78 is 53.7. The maximum absolute atomic E-state index is 13.7. The Morgan fingerprint density at radius 3 is 1.61 bits per heavy atom. The third-order valence-electron chi connectivity index (χ3n) is 7.98. The van der Waals surface area contributed by atoms with Gasteiger partial charge in [0.15, 0.2) is 17.5 Å². The quantitative estimate of drug-likeness (QED) is 0.0771. The molecule has 0 aliphatic rings. The molecule has 0 amide bonds. The van der Waals surface area contributed by atoms with Crippen LogP contribution >= 0.6 is 0 Å². The molecule has 1 atom stereocenters. The summed E-state index contributed by atoms with van der Waals surface area (Å²) in [5, 5.41) is 31.2. The summed E-state index contributed by atoms with van der Waals surface area (Å²) in [4.78, 5) is 29.9. The van der Waals surface area contributed by atoms with Crippen molar-refractivity contribution in [3.05, 3.63) is 154 Å². The summed E-state index contributed by atoms with van der Waals surface area (Å²) >= 11 is 0. The minimum atomic E-state index is -1.17. The number of benzene rings is 4. The molecule has 0 radical (unpaired) electrons. The Bertz CT molecular complexity index is 2630. The van der Waals surface area contributed by atoms with Crippen LogP contribution in [-0.4, -0.2) is 51.2 Å². The van der Waals surface area contributed by atoms with E-state index in [2.05, 4.69) is 51.0 Å². The number of halogens is 4. The van der Waals surface area contributed by atoms with Crippen LogP contribution in [0.25, 0.3) is 21.8 Å². The van der Waals surface area contributed by atoms with Crippen LogP contribution in [0.1, 0.15) is 45.1 Å². The van der Waals surface area contributed by atoms with Crippen molar-refractivity contribution in [3.63, 3.8) is 0 Å². The number of aliphatic hydroxyl groups is 1. The number of aromatic nitrogens is 8. The van der Waals surface area contributed by atoms with Crippen molar-refractivity contribution in [2.45, 2.75) is 20.0 Å². The number of fused-ring (bicyclic) bond motifs is 2. The van der Waals surface area contributed by atoms with Gasteiger partial charge in [0.25, 0.3) is 0 Å². The van der Waals surface area contributed by atoms with Crippen LogP contribution in [0, 0.1) is 37.1 Å². The number of nitrogens with one attached hydrogen (secondary N) is 4. The maximum atomic E-state index is 13.7. The molecule has 0 unspecified atom stereocenters. The Morgan fingerprint density at radius 1 is 0.611 bits per heavy atom. The predicted molar refractivity (Wildman–Crippen MR) is 193 cm³/mol. The zero-order valence-corrected chi connectivity index (χ0v) is 28.4. The van der Waals surface area contributed by atoms with Gasteiger partial charge in [0.2, 0.25) is 11.6 Å². The van der Waals surface area contributed by atoms with Crippen molar-refractivity contribution in [2.75, 3.05) is 10.6 Å². The molecule has 0 saturated carbocycles. The van der Waals surface area contributed by atoms with Crippen molar-refractivity contribution >= 4 is 50.9 Å². The van der Waals surface area contributed by atoms with E-state index in [1.807, 2.05) is 13.8 Å². The molecule has 4 heterocycles. The van der Waals surface area contributed by atoms with Crippen LogP contribution in [0.2, 0.25) is 0 Å². The maximum Gasteiger partial charge on any atom is 0.230 e. The molecular weight excluding hydrogens is 704 g/mol. The van der Waals surface area contributed by atoms with Gasteiger partial charge >= 0.3 is 0 Å². The first-order valence-corrected chi connectivity index (χ1v) is 16.3. The first kappa shape index (κ1) is 35.3. The number of carbonyl (C=O) groups excluding carboxylic acids is 1. The second kappa shape index (κ2) is 14.9. The number of nitrogens with zero attached hydrogens (tertiary/aromatic N) is 6. The molecule has 12 nitrogen and oxygen atoms in total. The summed E-state index contributed by atoms with van der Waals surface area (Å²) in [5.41, 5.74) is 3.21. The van der Waals surface area contributed by atoms with E-state index in [1.165, 1.54) is 84.9 Å². The van der Waals surface area contributed by atoms with E-state index in [9.17, 15) is 27.5 Å². The van der Waals surface area contributed by atoms with Gasteiger partial charge in [0.05, 0.1) is 11.0 Å². The minimum absolute atomic E-state index is 0.0875.